The zero-order chi connectivity index (χ0) is 10.9. The Morgan fingerprint density at radius 2 is 2.00 bits per heavy atom. The highest BCUT2D eigenvalue weighted by Gasteiger charge is 2.39. The average Bonchev–Trinajstić information content (AvgIpc) is 1.92. The Labute approximate surface area is 84.9 Å². The lowest BCUT2D eigenvalue weighted by atomic mass is 9.68. The van der Waals surface area contributed by atoms with Gasteiger partial charge < -0.3 is 16.2 Å². The average molecular weight is 200 g/mol. The van der Waals surface area contributed by atoms with Crippen LogP contribution in [0.2, 0.25) is 0 Å². The van der Waals surface area contributed by atoms with Crippen LogP contribution in [-0.2, 0) is 0 Å². The van der Waals surface area contributed by atoms with E-state index in [1.807, 2.05) is 0 Å². The van der Waals surface area contributed by atoms with Crippen LogP contribution in [-0.4, -0.2) is 23.3 Å². The van der Waals surface area contributed by atoms with Gasteiger partial charge in [0.25, 0.3) is 0 Å². The Kier molecular flexibility index (Phi) is 3.04. The van der Waals surface area contributed by atoms with Crippen LogP contribution in [0.5, 0.6) is 0 Å². The molecule has 0 heterocycles. The number of hydrogen-bond donors (Lipinski definition) is 3. The van der Waals surface area contributed by atoms with Crippen molar-refractivity contribution in [2.75, 3.05) is 0 Å². The van der Waals surface area contributed by atoms with Gasteiger partial charge in [0, 0.05) is 12.1 Å². The van der Waals surface area contributed by atoms with Crippen LogP contribution in [0.1, 0.15) is 33.6 Å². The summed E-state index contributed by atoms with van der Waals surface area (Å²) < 4.78 is 0. The molecule has 1 unspecified atom stereocenters. The van der Waals surface area contributed by atoms with Crippen LogP contribution in [0.25, 0.3) is 0 Å². The minimum Gasteiger partial charge on any atom is -0.465 e. The topological polar surface area (TPSA) is 75.3 Å². The molecule has 0 spiro atoms. The van der Waals surface area contributed by atoms with E-state index < -0.39 is 6.09 Å². The van der Waals surface area contributed by atoms with Crippen molar-refractivity contribution in [1.29, 1.82) is 0 Å². The van der Waals surface area contributed by atoms with E-state index in [1.54, 1.807) is 0 Å². The lowest BCUT2D eigenvalue weighted by molar-refractivity contribution is 0.106. The summed E-state index contributed by atoms with van der Waals surface area (Å²) in [7, 11) is 0. The molecule has 4 nitrogen and oxygen atoms in total. The van der Waals surface area contributed by atoms with Gasteiger partial charge in [0.05, 0.1) is 0 Å². The van der Waals surface area contributed by atoms with Gasteiger partial charge in [-0.25, -0.2) is 4.79 Å². The van der Waals surface area contributed by atoms with Crippen LogP contribution in [0.15, 0.2) is 0 Å². The van der Waals surface area contributed by atoms with Gasteiger partial charge in [-0.15, -0.1) is 0 Å². The molecule has 4 heteroatoms. The molecule has 82 valence electrons. The van der Waals surface area contributed by atoms with Gasteiger partial charge in [-0.3, -0.25) is 0 Å². The SMILES string of the molecule is CC(C)(C)C(NC(=O)O)C1CC(N)C1. The third kappa shape index (κ3) is 2.61. The first-order valence-corrected chi connectivity index (χ1v) is 5.05. The molecule has 0 aromatic rings. The van der Waals surface area contributed by atoms with E-state index in [0.29, 0.717) is 5.92 Å². The van der Waals surface area contributed by atoms with Gasteiger partial charge >= 0.3 is 6.09 Å². The molecule has 14 heavy (non-hydrogen) atoms. The normalized spacial score (nSPS) is 29.1. The van der Waals surface area contributed by atoms with Crippen molar-refractivity contribution in [2.24, 2.45) is 17.1 Å². The number of nitrogens with two attached hydrogens (primary N) is 1. The molecule has 1 rings (SSSR count). The van der Waals surface area contributed by atoms with Gasteiger partial charge in [0.2, 0.25) is 0 Å². The van der Waals surface area contributed by atoms with E-state index in [-0.39, 0.29) is 17.5 Å². The first-order valence-electron chi connectivity index (χ1n) is 5.05. The summed E-state index contributed by atoms with van der Waals surface area (Å²) in [5.74, 6) is 0.404. The van der Waals surface area contributed by atoms with Gasteiger partial charge in [0.1, 0.15) is 0 Å². The molecular formula is C10H20N2O2. The molecule has 4 N–H and O–H groups in total. The number of nitrogens with one attached hydrogen (secondary N) is 1. The highest BCUT2D eigenvalue weighted by atomic mass is 16.4. The van der Waals surface area contributed by atoms with Crippen molar-refractivity contribution in [3.63, 3.8) is 0 Å². The molecule has 0 aliphatic heterocycles. The molecule has 1 amide bonds. The molecule has 1 aliphatic carbocycles. The lowest BCUT2D eigenvalue weighted by Crippen LogP contribution is -2.54. The molecule has 1 aliphatic rings. The lowest BCUT2D eigenvalue weighted by Gasteiger charge is -2.44. The summed E-state index contributed by atoms with van der Waals surface area (Å²) in [5.41, 5.74) is 5.67. The number of rotatable bonds is 2. The van der Waals surface area contributed by atoms with E-state index in [0.717, 1.165) is 12.8 Å². The largest absolute Gasteiger partial charge is 0.465 e. The number of hydrogen-bond acceptors (Lipinski definition) is 2. The zero-order valence-electron chi connectivity index (χ0n) is 9.08. The Morgan fingerprint density at radius 1 is 1.50 bits per heavy atom. The highest BCUT2D eigenvalue weighted by molar-refractivity contribution is 5.65. The van der Waals surface area contributed by atoms with Gasteiger partial charge in [-0.05, 0) is 24.2 Å². The molecule has 1 atom stereocenters. The molecule has 0 aromatic heterocycles. The molecule has 1 saturated carbocycles. The molecule has 1 fully saturated rings. The maximum atomic E-state index is 10.6. The summed E-state index contributed by atoms with van der Waals surface area (Å²) in [4.78, 5) is 10.6. The van der Waals surface area contributed by atoms with E-state index in [1.165, 1.54) is 0 Å². The van der Waals surface area contributed by atoms with E-state index >= 15 is 0 Å². The van der Waals surface area contributed by atoms with Crippen LogP contribution < -0.4 is 11.1 Å². The number of amides is 1. The first kappa shape index (κ1) is 11.3. The fourth-order valence-electron chi connectivity index (χ4n) is 2.16. The van der Waals surface area contributed by atoms with Crippen LogP contribution in [0.4, 0.5) is 4.79 Å². The van der Waals surface area contributed by atoms with E-state index in [4.69, 9.17) is 10.8 Å². The molecule has 0 radical (unpaired) electrons. The maximum Gasteiger partial charge on any atom is 0.404 e. The maximum absolute atomic E-state index is 10.6. The third-order valence-electron chi connectivity index (χ3n) is 2.89. The zero-order valence-corrected chi connectivity index (χ0v) is 9.08. The summed E-state index contributed by atoms with van der Waals surface area (Å²) in [5, 5.41) is 11.3. The number of carboxylic acid groups (broad SMARTS) is 1. The van der Waals surface area contributed by atoms with Crippen molar-refractivity contribution < 1.29 is 9.90 Å². The molecule has 0 bridgehead atoms. The van der Waals surface area contributed by atoms with Crippen LogP contribution >= 0.6 is 0 Å². The second-order valence-corrected chi connectivity index (χ2v) is 5.28. The Balaban J connectivity index is 2.58. The molecule has 0 saturated heterocycles. The second-order valence-electron chi connectivity index (χ2n) is 5.28. The number of carbonyl (C=O) groups is 1. The Bertz CT molecular complexity index is 217. The summed E-state index contributed by atoms with van der Waals surface area (Å²) >= 11 is 0. The standard InChI is InChI=1S/C10H20N2O2/c1-10(2,3)8(12-9(13)14)6-4-7(11)5-6/h6-8,12H,4-5,11H2,1-3H3,(H,13,14). The van der Waals surface area contributed by atoms with Crippen molar-refractivity contribution in [2.45, 2.75) is 45.7 Å². The highest BCUT2D eigenvalue weighted by Crippen LogP contribution is 2.36. The third-order valence-corrected chi connectivity index (χ3v) is 2.89. The van der Waals surface area contributed by atoms with Crippen LogP contribution in [0, 0.1) is 11.3 Å². The molecular weight excluding hydrogens is 180 g/mol. The predicted octanol–water partition coefficient (Wildman–Crippen LogP) is 1.41. The Hall–Kier alpha value is -0.770. The van der Waals surface area contributed by atoms with E-state index in [9.17, 15) is 4.79 Å². The van der Waals surface area contributed by atoms with Crippen molar-refractivity contribution in [1.82, 2.24) is 5.32 Å². The smallest absolute Gasteiger partial charge is 0.404 e. The fraction of sp³-hybridized carbons (Fsp3) is 0.900. The minimum absolute atomic E-state index is 0.0137. The van der Waals surface area contributed by atoms with Crippen molar-refractivity contribution in [3.8, 4) is 0 Å². The Morgan fingerprint density at radius 3 is 2.29 bits per heavy atom. The molecule has 0 aromatic carbocycles. The first-order chi connectivity index (χ1) is 6.30. The van der Waals surface area contributed by atoms with Crippen molar-refractivity contribution >= 4 is 6.09 Å². The summed E-state index contributed by atoms with van der Waals surface area (Å²) in [6, 6.07) is 0.278. The minimum atomic E-state index is -0.939. The van der Waals surface area contributed by atoms with Crippen LogP contribution in [0.3, 0.4) is 0 Å². The second kappa shape index (κ2) is 3.77. The van der Waals surface area contributed by atoms with Gasteiger partial charge in [0.15, 0.2) is 0 Å². The quantitative estimate of drug-likeness (QED) is 0.630. The monoisotopic (exact) mass is 200 g/mol. The van der Waals surface area contributed by atoms with Crippen molar-refractivity contribution in [3.05, 3.63) is 0 Å². The summed E-state index contributed by atoms with van der Waals surface area (Å²) in [6.07, 6.45) is 0.926. The van der Waals surface area contributed by atoms with Gasteiger partial charge in [-0.2, -0.15) is 0 Å². The fourth-order valence-corrected chi connectivity index (χ4v) is 2.16. The summed E-state index contributed by atoms with van der Waals surface area (Å²) in [6.45, 7) is 6.16. The van der Waals surface area contributed by atoms with Gasteiger partial charge in [-0.1, -0.05) is 20.8 Å². The predicted molar refractivity (Wildman–Crippen MR) is 55.1 cm³/mol. The van der Waals surface area contributed by atoms with E-state index in [2.05, 4.69) is 26.1 Å².